The van der Waals surface area contributed by atoms with Gasteiger partial charge in [-0.2, -0.15) is 5.10 Å². The van der Waals surface area contributed by atoms with Crippen molar-refractivity contribution in [3.05, 3.63) is 65.9 Å². The minimum Gasteiger partial charge on any atom is -0.486 e. The van der Waals surface area contributed by atoms with Crippen LogP contribution in [0.15, 0.2) is 54.7 Å². The first-order valence-electron chi connectivity index (χ1n) is 8.07. The number of nitrogens with one attached hydrogen (secondary N) is 2. The van der Waals surface area contributed by atoms with Gasteiger partial charge in [0.1, 0.15) is 13.2 Å². The van der Waals surface area contributed by atoms with Crippen molar-refractivity contribution in [1.82, 2.24) is 15.5 Å². The Labute approximate surface area is 144 Å². The van der Waals surface area contributed by atoms with Crippen molar-refractivity contribution >= 4 is 5.91 Å². The van der Waals surface area contributed by atoms with Crippen LogP contribution in [-0.4, -0.2) is 29.3 Å². The third-order valence-corrected chi connectivity index (χ3v) is 4.01. The van der Waals surface area contributed by atoms with Crippen LogP contribution in [0.1, 0.15) is 15.9 Å². The number of amides is 1. The summed E-state index contributed by atoms with van der Waals surface area (Å²) in [6.45, 7) is 1.53. The van der Waals surface area contributed by atoms with Crippen molar-refractivity contribution in [3.63, 3.8) is 0 Å². The molecule has 0 bridgehead atoms. The first kappa shape index (κ1) is 15.3. The maximum Gasteiger partial charge on any atom is 0.255 e. The molecule has 0 fully saturated rings. The fraction of sp³-hybridized carbons (Fsp3) is 0.158. The summed E-state index contributed by atoms with van der Waals surface area (Å²) in [5.41, 5.74) is 3.02. The zero-order chi connectivity index (χ0) is 17.1. The third kappa shape index (κ3) is 3.19. The van der Waals surface area contributed by atoms with Gasteiger partial charge in [-0.3, -0.25) is 9.89 Å². The number of rotatable bonds is 4. The summed E-state index contributed by atoms with van der Waals surface area (Å²) < 4.78 is 11.1. The molecular formula is C19H17N3O3. The summed E-state index contributed by atoms with van der Waals surface area (Å²) in [7, 11) is 0. The molecule has 0 radical (unpaired) electrons. The Bertz CT molecular complexity index is 890. The summed E-state index contributed by atoms with van der Waals surface area (Å²) in [6, 6.07) is 15.4. The van der Waals surface area contributed by atoms with E-state index in [0.717, 1.165) is 11.1 Å². The Morgan fingerprint density at radius 1 is 1.08 bits per heavy atom. The zero-order valence-corrected chi connectivity index (χ0v) is 13.5. The lowest BCUT2D eigenvalue weighted by molar-refractivity contribution is 0.0951. The summed E-state index contributed by atoms with van der Waals surface area (Å²) in [4.78, 5) is 12.5. The monoisotopic (exact) mass is 335 g/mol. The number of benzene rings is 2. The molecule has 0 atom stereocenters. The highest BCUT2D eigenvalue weighted by Crippen LogP contribution is 2.34. The molecule has 1 amide bonds. The number of nitrogens with zero attached hydrogens (tertiary/aromatic N) is 1. The third-order valence-electron chi connectivity index (χ3n) is 4.01. The van der Waals surface area contributed by atoms with Crippen molar-refractivity contribution in [1.29, 1.82) is 0 Å². The molecule has 0 saturated carbocycles. The van der Waals surface area contributed by atoms with Crippen LogP contribution in [0.5, 0.6) is 11.5 Å². The number of carbonyl (C=O) groups is 1. The molecule has 0 unspecified atom stereocenters. The largest absolute Gasteiger partial charge is 0.486 e. The van der Waals surface area contributed by atoms with E-state index in [-0.39, 0.29) is 5.91 Å². The minimum atomic E-state index is -0.178. The summed E-state index contributed by atoms with van der Waals surface area (Å²) >= 11 is 0. The lowest BCUT2D eigenvalue weighted by Gasteiger charge is -2.18. The smallest absolute Gasteiger partial charge is 0.255 e. The topological polar surface area (TPSA) is 76.2 Å². The predicted octanol–water partition coefficient (Wildman–Crippen LogP) is 2.78. The van der Waals surface area contributed by atoms with E-state index >= 15 is 0 Å². The molecule has 0 spiro atoms. The molecule has 6 nitrogen and oxygen atoms in total. The molecule has 2 N–H and O–H groups in total. The van der Waals surface area contributed by atoms with Crippen molar-refractivity contribution in [2.24, 2.45) is 0 Å². The molecule has 6 heteroatoms. The van der Waals surface area contributed by atoms with Crippen LogP contribution in [0, 0.1) is 0 Å². The highest BCUT2D eigenvalue weighted by atomic mass is 16.6. The minimum absolute atomic E-state index is 0.178. The standard InChI is InChI=1S/C19H17N3O3/c23-19(20-11-13-4-2-1-3-5-13)15-12-21-22-18(15)14-6-7-16-17(10-14)25-9-8-24-16/h1-7,10,12H,8-9,11H2,(H,20,23)(H,21,22). The number of hydrogen-bond donors (Lipinski definition) is 2. The Hall–Kier alpha value is -3.28. The average molecular weight is 335 g/mol. The van der Waals surface area contributed by atoms with E-state index in [1.54, 1.807) is 0 Å². The number of H-pyrrole nitrogens is 1. The van der Waals surface area contributed by atoms with E-state index in [2.05, 4.69) is 15.5 Å². The second-order valence-electron chi connectivity index (χ2n) is 5.69. The van der Waals surface area contributed by atoms with Crippen LogP contribution >= 0.6 is 0 Å². The van der Waals surface area contributed by atoms with Crippen molar-refractivity contribution in [3.8, 4) is 22.8 Å². The highest BCUT2D eigenvalue weighted by Gasteiger charge is 2.18. The molecule has 2 heterocycles. The fourth-order valence-corrected chi connectivity index (χ4v) is 2.75. The van der Waals surface area contributed by atoms with Crippen LogP contribution in [-0.2, 0) is 6.54 Å². The number of fused-ring (bicyclic) bond motifs is 1. The Morgan fingerprint density at radius 2 is 1.88 bits per heavy atom. The number of carbonyl (C=O) groups excluding carboxylic acids is 1. The first-order valence-corrected chi connectivity index (χ1v) is 8.07. The Kier molecular flexibility index (Phi) is 4.08. The van der Waals surface area contributed by atoms with E-state index in [4.69, 9.17) is 9.47 Å². The van der Waals surface area contributed by atoms with Crippen LogP contribution in [0.4, 0.5) is 0 Å². The summed E-state index contributed by atoms with van der Waals surface area (Å²) in [5, 5.41) is 9.85. The summed E-state index contributed by atoms with van der Waals surface area (Å²) in [5.74, 6) is 1.21. The van der Waals surface area contributed by atoms with Crippen molar-refractivity contribution < 1.29 is 14.3 Å². The van der Waals surface area contributed by atoms with Gasteiger partial charge in [-0.1, -0.05) is 30.3 Å². The number of ether oxygens (including phenoxy) is 2. The second kappa shape index (κ2) is 6.68. The van der Waals surface area contributed by atoms with E-state index in [1.807, 2.05) is 48.5 Å². The molecule has 2 aromatic carbocycles. The van der Waals surface area contributed by atoms with Gasteiger partial charge in [0, 0.05) is 12.1 Å². The molecule has 25 heavy (non-hydrogen) atoms. The van der Waals surface area contributed by atoms with Gasteiger partial charge < -0.3 is 14.8 Å². The molecule has 126 valence electrons. The first-order chi connectivity index (χ1) is 12.3. The molecule has 1 aliphatic rings. The molecular weight excluding hydrogens is 318 g/mol. The Balaban J connectivity index is 1.55. The van der Waals surface area contributed by atoms with E-state index in [1.165, 1.54) is 6.20 Å². The van der Waals surface area contributed by atoms with Gasteiger partial charge in [-0.15, -0.1) is 0 Å². The van der Waals surface area contributed by atoms with E-state index in [9.17, 15) is 4.79 Å². The normalized spacial score (nSPS) is 12.6. The van der Waals surface area contributed by atoms with Gasteiger partial charge in [-0.05, 0) is 23.8 Å². The van der Waals surface area contributed by atoms with Gasteiger partial charge in [0.05, 0.1) is 17.5 Å². The van der Waals surface area contributed by atoms with Crippen LogP contribution in [0.3, 0.4) is 0 Å². The van der Waals surface area contributed by atoms with Gasteiger partial charge in [0.25, 0.3) is 5.91 Å². The van der Waals surface area contributed by atoms with Gasteiger partial charge in [0.15, 0.2) is 11.5 Å². The SMILES string of the molecule is O=C(NCc1ccccc1)c1cn[nH]c1-c1ccc2c(c1)OCCO2. The highest BCUT2D eigenvalue weighted by molar-refractivity contribution is 5.99. The molecule has 3 aromatic rings. The van der Waals surface area contributed by atoms with Crippen LogP contribution in [0.25, 0.3) is 11.3 Å². The molecule has 1 aliphatic heterocycles. The molecule has 4 rings (SSSR count). The molecule has 1 aromatic heterocycles. The Morgan fingerprint density at radius 3 is 2.72 bits per heavy atom. The predicted molar refractivity (Wildman–Crippen MR) is 92.6 cm³/mol. The second-order valence-corrected chi connectivity index (χ2v) is 5.69. The lowest BCUT2D eigenvalue weighted by Crippen LogP contribution is -2.23. The van der Waals surface area contributed by atoms with Gasteiger partial charge in [-0.25, -0.2) is 0 Å². The lowest BCUT2D eigenvalue weighted by atomic mass is 10.1. The average Bonchev–Trinajstić information content (AvgIpc) is 3.16. The van der Waals surface area contributed by atoms with Gasteiger partial charge in [0.2, 0.25) is 0 Å². The molecule has 0 aliphatic carbocycles. The summed E-state index contributed by atoms with van der Waals surface area (Å²) in [6.07, 6.45) is 1.53. The van der Waals surface area contributed by atoms with Crippen LogP contribution in [0.2, 0.25) is 0 Å². The number of aromatic amines is 1. The number of aromatic nitrogens is 2. The maximum absolute atomic E-state index is 12.5. The van der Waals surface area contributed by atoms with Crippen molar-refractivity contribution in [2.75, 3.05) is 13.2 Å². The number of hydrogen-bond acceptors (Lipinski definition) is 4. The molecule has 0 saturated heterocycles. The quantitative estimate of drug-likeness (QED) is 0.769. The zero-order valence-electron chi connectivity index (χ0n) is 13.5. The fourth-order valence-electron chi connectivity index (χ4n) is 2.75. The van der Waals surface area contributed by atoms with Gasteiger partial charge >= 0.3 is 0 Å². The maximum atomic E-state index is 12.5. The van der Waals surface area contributed by atoms with Crippen LogP contribution < -0.4 is 14.8 Å². The van der Waals surface area contributed by atoms with E-state index < -0.39 is 0 Å². The van der Waals surface area contributed by atoms with E-state index in [0.29, 0.717) is 42.5 Å². The van der Waals surface area contributed by atoms with Crippen molar-refractivity contribution in [2.45, 2.75) is 6.54 Å².